The molecule has 1 aromatic carbocycles. The minimum Gasteiger partial charge on any atom is -0.329 e. The molecule has 0 bridgehead atoms. The fourth-order valence-electron chi connectivity index (χ4n) is 1.78. The van der Waals surface area contributed by atoms with Crippen LogP contribution in [-0.4, -0.2) is 41.6 Å². The second kappa shape index (κ2) is 5.52. The smallest absolute Gasteiger partial charge is 0.325 e. The van der Waals surface area contributed by atoms with E-state index in [9.17, 15) is 19.2 Å². The van der Waals surface area contributed by atoms with Crippen LogP contribution in [0.5, 0.6) is 0 Å². The largest absolute Gasteiger partial charge is 0.329 e. The second-order valence-corrected chi connectivity index (χ2v) is 4.32. The van der Waals surface area contributed by atoms with Crippen LogP contribution in [0.3, 0.4) is 0 Å². The van der Waals surface area contributed by atoms with Crippen LogP contribution in [0, 0.1) is 0 Å². The molecule has 2 rings (SSSR count). The summed E-state index contributed by atoms with van der Waals surface area (Å²) in [4.78, 5) is 46.5. The van der Waals surface area contributed by atoms with Gasteiger partial charge in [-0.25, -0.2) is 4.79 Å². The number of nitrogens with zero attached hydrogens (tertiary/aromatic N) is 1. The molecule has 1 fully saturated rings. The average molecular weight is 275 g/mol. The van der Waals surface area contributed by atoms with Crippen LogP contribution < -0.4 is 10.6 Å². The molecule has 0 spiro atoms. The number of hydrogen-bond acceptors (Lipinski definition) is 4. The Balaban J connectivity index is 2.01. The fourth-order valence-corrected chi connectivity index (χ4v) is 1.78. The van der Waals surface area contributed by atoms with Crippen LogP contribution in [0.4, 0.5) is 10.5 Å². The molecule has 104 valence electrons. The number of benzene rings is 1. The maximum absolute atomic E-state index is 11.8. The van der Waals surface area contributed by atoms with Crippen molar-refractivity contribution in [1.82, 2.24) is 10.2 Å². The number of imide groups is 1. The number of hydrogen-bond donors (Lipinski definition) is 2. The highest BCUT2D eigenvalue weighted by Crippen LogP contribution is 2.11. The van der Waals surface area contributed by atoms with Gasteiger partial charge in [0, 0.05) is 11.3 Å². The Bertz CT molecular complexity index is 581. The van der Waals surface area contributed by atoms with Crippen molar-refractivity contribution in [2.45, 2.75) is 6.92 Å². The van der Waals surface area contributed by atoms with E-state index in [4.69, 9.17) is 0 Å². The number of anilines is 1. The van der Waals surface area contributed by atoms with E-state index in [1.54, 1.807) is 18.2 Å². The summed E-state index contributed by atoms with van der Waals surface area (Å²) in [5.41, 5.74) is 0.910. The van der Waals surface area contributed by atoms with Crippen molar-refractivity contribution in [3.05, 3.63) is 29.8 Å². The van der Waals surface area contributed by atoms with Gasteiger partial charge >= 0.3 is 6.03 Å². The van der Waals surface area contributed by atoms with E-state index in [0.717, 1.165) is 4.90 Å². The first-order valence-corrected chi connectivity index (χ1v) is 5.96. The summed E-state index contributed by atoms with van der Waals surface area (Å²) in [6.45, 7) is 0.981. The zero-order chi connectivity index (χ0) is 14.7. The van der Waals surface area contributed by atoms with E-state index >= 15 is 0 Å². The Labute approximate surface area is 114 Å². The summed E-state index contributed by atoms with van der Waals surface area (Å²) in [6, 6.07) is 5.85. The monoisotopic (exact) mass is 275 g/mol. The summed E-state index contributed by atoms with van der Waals surface area (Å²) in [5.74, 6) is -1.06. The first-order valence-electron chi connectivity index (χ1n) is 5.96. The normalized spacial score (nSPS) is 14.2. The number of nitrogens with one attached hydrogen (secondary N) is 2. The Morgan fingerprint density at radius 1 is 1.35 bits per heavy atom. The van der Waals surface area contributed by atoms with Gasteiger partial charge < -0.3 is 10.6 Å². The van der Waals surface area contributed by atoms with Gasteiger partial charge in [-0.3, -0.25) is 19.3 Å². The zero-order valence-corrected chi connectivity index (χ0v) is 10.8. The third-order valence-electron chi connectivity index (χ3n) is 2.79. The summed E-state index contributed by atoms with van der Waals surface area (Å²) < 4.78 is 0. The fraction of sp³-hybridized carbons (Fsp3) is 0.231. The van der Waals surface area contributed by atoms with Gasteiger partial charge in [0.2, 0.25) is 5.91 Å². The Morgan fingerprint density at radius 3 is 2.70 bits per heavy atom. The van der Waals surface area contributed by atoms with Crippen molar-refractivity contribution < 1.29 is 19.2 Å². The van der Waals surface area contributed by atoms with Gasteiger partial charge in [0.15, 0.2) is 5.78 Å². The van der Waals surface area contributed by atoms with Crippen molar-refractivity contribution in [3.63, 3.8) is 0 Å². The molecule has 0 saturated carbocycles. The summed E-state index contributed by atoms with van der Waals surface area (Å²) in [6.07, 6.45) is 0. The molecule has 4 amide bonds. The lowest BCUT2D eigenvalue weighted by Gasteiger charge is -2.12. The van der Waals surface area contributed by atoms with Crippen LogP contribution in [0.25, 0.3) is 0 Å². The molecule has 0 radical (unpaired) electrons. The molecular formula is C13H13N3O4. The molecule has 0 aromatic heterocycles. The molecule has 7 heteroatoms. The van der Waals surface area contributed by atoms with E-state index in [2.05, 4.69) is 10.6 Å². The molecule has 7 nitrogen and oxygen atoms in total. The molecule has 2 N–H and O–H groups in total. The summed E-state index contributed by atoms with van der Waals surface area (Å²) >= 11 is 0. The van der Waals surface area contributed by atoms with Gasteiger partial charge in [0.25, 0.3) is 5.91 Å². The lowest BCUT2D eigenvalue weighted by molar-refractivity contribution is -0.128. The molecule has 0 unspecified atom stereocenters. The van der Waals surface area contributed by atoms with E-state index in [-0.39, 0.29) is 18.9 Å². The molecule has 0 aliphatic carbocycles. The number of urea groups is 1. The molecule has 0 atom stereocenters. The first kappa shape index (κ1) is 13.7. The quantitative estimate of drug-likeness (QED) is 0.613. The van der Waals surface area contributed by atoms with Gasteiger partial charge in [0.05, 0.1) is 6.54 Å². The Hall–Kier alpha value is -2.70. The zero-order valence-electron chi connectivity index (χ0n) is 10.8. The van der Waals surface area contributed by atoms with Gasteiger partial charge in [-0.05, 0) is 19.1 Å². The van der Waals surface area contributed by atoms with Crippen molar-refractivity contribution >= 4 is 29.3 Å². The van der Waals surface area contributed by atoms with E-state index in [1.165, 1.54) is 13.0 Å². The van der Waals surface area contributed by atoms with Crippen LogP contribution >= 0.6 is 0 Å². The molecule has 1 saturated heterocycles. The third-order valence-corrected chi connectivity index (χ3v) is 2.79. The Kier molecular flexibility index (Phi) is 3.79. The highest BCUT2D eigenvalue weighted by Gasteiger charge is 2.30. The van der Waals surface area contributed by atoms with Crippen molar-refractivity contribution in [2.24, 2.45) is 0 Å². The van der Waals surface area contributed by atoms with Gasteiger partial charge in [-0.1, -0.05) is 12.1 Å². The van der Waals surface area contributed by atoms with Gasteiger partial charge in [0.1, 0.15) is 6.54 Å². The van der Waals surface area contributed by atoms with Crippen molar-refractivity contribution in [2.75, 3.05) is 18.4 Å². The van der Waals surface area contributed by atoms with Crippen LogP contribution in [0.1, 0.15) is 17.3 Å². The molecule has 1 aromatic rings. The molecular weight excluding hydrogens is 262 g/mol. The number of amides is 4. The third kappa shape index (κ3) is 3.00. The highest BCUT2D eigenvalue weighted by molar-refractivity contribution is 6.06. The van der Waals surface area contributed by atoms with Gasteiger partial charge in [-0.15, -0.1) is 0 Å². The second-order valence-electron chi connectivity index (χ2n) is 4.32. The summed E-state index contributed by atoms with van der Waals surface area (Å²) in [5, 5.41) is 4.87. The minimum absolute atomic E-state index is 0.0913. The number of ketones is 1. The predicted molar refractivity (Wildman–Crippen MR) is 70.2 cm³/mol. The minimum atomic E-state index is -0.581. The van der Waals surface area contributed by atoms with E-state index < -0.39 is 17.8 Å². The maximum Gasteiger partial charge on any atom is 0.325 e. The SMILES string of the molecule is CC(=O)c1cccc(NC(=O)CN2C(=O)CNC2=O)c1. The number of carbonyl (C=O) groups is 4. The first-order chi connectivity index (χ1) is 9.47. The van der Waals surface area contributed by atoms with Crippen molar-refractivity contribution in [1.29, 1.82) is 0 Å². The number of Topliss-reactive ketones (excluding diaryl/α,β-unsaturated/α-hetero) is 1. The van der Waals surface area contributed by atoms with E-state index in [0.29, 0.717) is 11.3 Å². The number of rotatable bonds is 4. The number of carbonyl (C=O) groups excluding carboxylic acids is 4. The van der Waals surface area contributed by atoms with Crippen LogP contribution in [-0.2, 0) is 9.59 Å². The van der Waals surface area contributed by atoms with Gasteiger partial charge in [-0.2, -0.15) is 0 Å². The predicted octanol–water partition coefficient (Wildman–Crippen LogP) is 0.379. The lowest BCUT2D eigenvalue weighted by Crippen LogP contribution is -2.38. The Morgan fingerprint density at radius 2 is 2.10 bits per heavy atom. The maximum atomic E-state index is 11.8. The molecule has 1 aliphatic heterocycles. The topological polar surface area (TPSA) is 95.6 Å². The molecule has 1 heterocycles. The highest BCUT2D eigenvalue weighted by atomic mass is 16.2. The average Bonchev–Trinajstić information content (AvgIpc) is 2.71. The van der Waals surface area contributed by atoms with Crippen LogP contribution in [0.15, 0.2) is 24.3 Å². The van der Waals surface area contributed by atoms with Crippen LogP contribution in [0.2, 0.25) is 0 Å². The van der Waals surface area contributed by atoms with E-state index in [1.807, 2.05) is 0 Å². The standard InChI is InChI=1S/C13H13N3O4/c1-8(17)9-3-2-4-10(5-9)15-11(18)7-16-12(19)6-14-13(16)20/h2-5H,6-7H2,1H3,(H,14,20)(H,15,18). The summed E-state index contributed by atoms with van der Waals surface area (Å²) in [7, 11) is 0. The molecule has 20 heavy (non-hydrogen) atoms. The lowest BCUT2D eigenvalue weighted by atomic mass is 10.1. The van der Waals surface area contributed by atoms with Crippen molar-refractivity contribution in [3.8, 4) is 0 Å². The molecule has 1 aliphatic rings.